The topological polar surface area (TPSA) is 6.48 Å². The lowest BCUT2D eigenvalue weighted by Crippen LogP contribution is -2.60. The molecule has 2 aliphatic carbocycles. The molecule has 0 unspecified atom stereocenters. The van der Waals surface area contributed by atoms with Crippen LogP contribution in [0.15, 0.2) is 194 Å². The quantitative estimate of drug-likeness (QED) is 0.159. The molecule has 0 atom stereocenters. The van der Waals surface area contributed by atoms with Gasteiger partial charge in [0, 0.05) is 43.3 Å². The maximum atomic E-state index is 2.64. The Balaban J connectivity index is 1.11. The summed E-state index contributed by atoms with van der Waals surface area (Å²) in [6, 6.07) is 74.6. The third-order valence-electron chi connectivity index (χ3n) is 16.3. The van der Waals surface area contributed by atoms with Crippen molar-refractivity contribution in [1.82, 2.24) is 0 Å². The van der Waals surface area contributed by atoms with Gasteiger partial charge in [0.1, 0.15) is 0 Å². The summed E-state index contributed by atoms with van der Waals surface area (Å²) in [5, 5.41) is 1.31. The molecule has 2 nitrogen and oxygen atoms in total. The highest BCUT2D eigenvalue weighted by Gasteiger charge is 2.53. The van der Waals surface area contributed by atoms with Gasteiger partial charge in [-0.05, 0) is 155 Å². The predicted molar refractivity (Wildman–Crippen MR) is 304 cm³/mol. The molecule has 14 rings (SSSR count). The summed E-state index contributed by atoms with van der Waals surface area (Å²) >= 11 is 2.01. The lowest BCUT2D eigenvalue weighted by atomic mass is 9.36. The Morgan fingerprint density at radius 3 is 1.56 bits per heavy atom. The molecule has 2 aliphatic heterocycles. The number of hydrogen-bond donors (Lipinski definition) is 0. The van der Waals surface area contributed by atoms with E-state index in [0.29, 0.717) is 11.8 Å². The van der Waals surface area contributed by atoms with E-state index in [0.717, 1.165) is 0 Å². The molecule has 342 valence electrons. The summed E-state index contributed by atoms with van der Waals surface area (Å²) in [6.45, 7) is 16.5. The molecule has 4 heteroatoms. The monoisotopic (exact) mass is 930 g/mol. The van der Waals surface area contributed by atoms with Gasteiger partial charge in [0.05, 0.1) is 11.1 Å². The number of nitrogens with zero attached hydrogens (tertiary/aromatic N) is 2. The molecule has 0 fully saturated rings. The summed E-state index contributed by atoms with van der Waals surface area (Å²) in [5.41, 5.74) is 27.2. The second-order valence-corrected chi connectivity index (χ2v) is 23.0. The molecule has 1 spiro atoms. The van der Waals surface area contributed by atoms with Crippen molar-refractivity contribution in [2.45, 2.75) is 71.1 Å². The second kappa shape index (κ2) is 15.3. The van der Waals surface area contributed by atoms with Gasteiger partial charge < -0.3 is 9.80 Å². The van der Waals surface area contributed by atoms with E-state index in [1.54, 1.807) is 0 Å². The first kappa shape index (κ1) is 42.5. The van der Waals surface area contributed by atoms with Crippen molar-refractivity contribution < 1.29 is 0 Å². The van der Waals surface area contributed by atoms with Crippen LogP contribution in [0.4, 0.5) is 34.1 Å². The van der Waals surface area contributed by atoms with Gasteiger partial charge in [0.2, 0.25) is 0 Å². The van der Waals surface area contributed by atoms with Crippen molar-refractivity contribution in [2.75, 3.05) is 9.80 Å². The molecule has 0 radical (unpaired) electrons. The highest BCUT2D eigenvalue weighted by atomic mass is 32.1. The molecule has 0 amide bonds. The van der Waals surface area contributed by atoms with E-state index in [1.165, 1.54) is 132 Å². The smallest absolute Gasteiger partial charge is 0.264 e. The number of anilines is 6. The van der Waals surface area contributed by atoms with Crippen molar-refractivity contribution in [2.24, 2.45) is 0 Å². The molecule has 0 bridgehead atoms. The Kier molecular flexibility index (Phi) is 9.16. The van der Waals surface area contributed by atoms with Crippen molar-refractivity contribution in [3.05, 3.63) is 233 Å². The zero-order valence-electron chi connectivity index (χ0n) is 41.5. The fourth-order valence-corrected chi connectivity index (χ4v) is 14.6. The van der Waals surface area contributed by atoms with Crippen LogP contribution >= 0.6 is 11.3 Å². The van der Waals surface area contributed by atoms with Crippen molar-refractivity contribution in [1.29, 1.82) is 0 Å². The largest absolute Gasteiger partial charge is 0.311 e. The minimum absolute atomic E-state index is 0.000626. The Hall–Kier alpha value is -7.40. The van der Waals surface area contributed by atoms with Crippen LogP contribution in [0.25, 0.3) is 43.5 Å². The number of fused-ring (bicyclic) bond motifs is 16. The van der Waals surface area contributed by atoms with Crippen LogP contribution in [0.1, 0.15) is 99.2 Å². The summed E-state index contributed by atoms with van der Waals surface area (Å²) in [5.74, 6) is 0.759. The third kappa shape index (κ3) is 5.83. The van der Waals surface area contributed by atoms with E-state index >= 15 is 0 Å². The zero-order valence-corrected chi connectivity index (χ0v) is 42.3. The van der Waals surface area contributed by atoms with E-state index < -0.39 is 5.41 Å². The molecule has 4 aliphatic rings. The molecule has 10 aromatic rings. The summed E-state index contributed by atoms with van der Waals surface area (Å²) < 4.78 is 2.72. The molecule has 0 saturated carbocycles. The maximum Gasteiger partial charge on any atom is 0.264 e. The molecule has 0 N–H and O–H groups in total. The van der Waals surface area contributed by atoms with Crippen molar-refractivity contribution >= 4 is 78.0 Å². The Morgan fingerprint density at radius 2 is 1.00 bits per heavy atom. The fourth-order valence-electron chi connectivity index (χ4n) is 13.2. The number of thiophene rings is 1. The van der Waals surface area contributed by atoms with Crippen LogP contribution in [0.3, 0.4) is 0 Å². The first-order valence-corrected chi connectivity index (χ1v) is 26.4. The number of hydrogen-bond acceptors (Lipinski definition) is 3. The van der Waals surface area contributed by atoms with Crippen LogP contribution in [0.5, 0.6) is 0 Å². The number of rotatable bonds is 5. The average Bonchev–Trinajstić information content (AvgIpc) is 4.01. The molecule has 3 heterocycles. The highest BCUT2D eigenvalue weighted by molar-refractivity contribution is 7.33. The first-order valence-electron chi connectivity index (χ1n) is 25.6. The normalized spacial score (nSPS) is 14.4. The SMILES string of the molecule is CC(C)c1cccc(C(C)C)c1-c1ccc2c(c1)N(c1ccccc1)c1cc(C(C)(C)C)cc3c1B2c1sc2cc4c(cc2c1N3c1ccccc1)-c1ccccc1C41c2ccccc2-c2ccccc21. The summed E-state index contributed by atoms with van der Waals surface area (Å²) in [7, 11) is 0. The average molecular weight is 931 g/mol. The van der Waals surface area contributed by atoms with E-state index in [9.17, 15) is 0 Å². The van der Waals surface area contributed by atoms with Crippen molar-refractivity contribution in [3.63, 3.8) is 0 Å². The fraction of sp³-hybridized carbons (Fsp3) is 0.164. The molecule has 0 saturated heterocycles. The van der Waals surface area contributed by atoms with E-state index in [4.69, 9.17) is 0 Å². The van der Waals surface area contributed by atoms with E-state index in [1.807, 2.05) is 11.3 Å². The third-order valence-corrected chi connectivity index (χ3v) is 17.5. The molecule has 9 aromatic carbocycles. The standard InChI is InChI=1S/C67H55BN2S/c1-40(2)46-28-20-29-47(41(3)4)62(46)42-33-34-57-58(35-42)69(44-21-10-8-11-22-44)59-36-43(66(5,6)7)37-60-63(59)68(57)65-64(70(60)45-23-12-9-13-24-45)52-38-51-50-27-16-19-32-55(50)67(56(51)39-61(52)71-65)53-30-17-14-25-48(53)49-26-15-18-31-54(49)67/h8-41H,1-7H3. The molecular formula is C67H55BN2S. The van der Waals surface area contributed by atoms with Crippen molar-refractivity contribution in [3.8, 4) is 33.4 Å². The second-order valence-electron chi connectivity index (χ2n) is 21.9. The van der Waals surface area contributed by atoms with Gasteiger partial charge in [-0.1, -0.05) is 188 Å². The number of para-hydroxylation sites is 2. The minimum atomic E-state index is -0.417. The van der Waals surface area contributed by atoms with Crippen LogP contribution < -0.4 is 25.5 Å². The lowest BCUT2D eigenvalue weighted by Gasteiger charge is -2.44. The zero-order chi connectivity index (χ0) is 48.1. The van der Waals surface area contributed by atoms with Gasteiger partial charge in [0.15, 0.2) is 0 Å². The van der Waals surface area contributed by atoms with E-state index in [-0.39, 0.29) is 12.1 Å². The van der Waals surface area contributed by atoms with Gasteiger partial charge in [-0.3, -0.25) is 0 Å². The lowest BCUT2D eigenvalue weighted by molar-refractivity contribution is 0.590. The van der Waals surface area contributed by atoms with Crippen LogP contribution in [0, 0.1) is 0 Å². The van der Waals surface area contributed by atoms with Gasteiger partial charge in [-0.25, -0.2) is 0 Å². The van der Waals surface area contributed by atoms with Gasteiger partial charge >= 0.3 is 0 Å². The highest BCUT2D eigenvalue weighted by Crippen LogP contribution is 2.64. The van der Waals surface area contributed by atoms with E-state index in [2.05, 4.69) is 252 Å². The minimum Gasteiger partial charge on any atom is -0.311 e. The summed E-state index contributed by atoms with van der Waals surface area (Å²) in [4.78, 5) is 5.24. The first-order chi connectivity index (χ1) is 34.5. The van der Waals surface area contributed by atoms with Crippen LogP contribution in [-0.4, -0.2) is 6.71 Å². The number of benzene rings is 9. The molecular weight excluding hydrogens is 876 g/mol. The van der Waals surface area contributed by atoms with Gasteiger partial charge in [-0.2, -0.15) is 0 Å². The van der Waals surface area contributed by atoms with Gasteiger partial charge in [-0.15, -0.1) is 11.3 Å². The summed E-state index contributed by atoms with van der Waals surface area (Å²) in [6.07, 6.45) is 0. The maximum absolute atomic E-state index is 2.64. The molecule has 1 aromatic heterocycles. The Morgan fingerprint density at radius 1 is 0.479 bits per heavy atom. The van der Waals surface area contributed by atoms with Crippen LogP contribution in [-0.2, 0) is 10.8 Å². The Labute approximate surface area is 423 Å². The molecule has 71 heavy (non-hydrogen) atoms. The van der Waals surface area contributed by atoms with Crippen LogP contribution in [0.2, 0.25) is 0 Å². The Bertz CT molecular complexity index is 3760. The predicted octanol–water partition coefficient (Wildman–Crippen LogP) is 16.5. The van der Waals surface area contributed by atoms with Gasteiger partial charge in [0.25, 0.3) is 6.71 Å².